The van der Waals surface area contributed by atoms with E-state index >= 15 is 0 Å². The minimum absolute atomic E-state index is 0.0894. The van der Waals surface area contributed by atoms with Crippen LogP contribution in [0.25, 0.3) is 0 Å². The summed E-state index contributed by atoms with van der Waals surface area (Å²) in [6.07, 6.45) is 7.57. The Morgan fingerprint density at radius 2 is 1.78 bits per heavy atom. The average molecular weight is 250 g/mol. The normalized spacial score (nSPS) is 17.6. The zero-order valence-electron chi connectivity index (χ0n) is 10.3. The Labute approximate surface area is 106 Å². The van der Waals surface area contributed by atoms with E-state index in [0.717, 1.165) is 25.7 Å². The number of aliphatic carboxylic acids is 1. The summed E-state index contributed by atoms with van der Waals surface area (Å²) in [5, 5.41) is 8.97. The third-order valence-corrected chi connectivity index (χ3v) is 3.58. The van der Waals surface area contributed by atoms with Gasteiger partial charge in [0.2, 0.25) is 5.91 Å². The Balaban J connectivity index is 1.96. The van der Waals surface area contributed by atoms with Crippen molar-refractivity contribution in [3.8, 4) is 0 Å². The molecule has 0 saturated heterocycles. The Kier molecular flexibility index (Phi) is 3.69. The molecule has 5 nitrogen and oxygen atoms in total. The Hall–Kier alpha value is -1.78. The fourth-order valence-electron chi connectivity index (χ4n) is 2.80. The van der Waals surface area contributed by atoms with Gasteiger partial charge in [-0.25, -0.2) is 0 Å². The highest BCUT2D eigenvalue weighted by molar-refractivity contribution is 5.85. The molecule has 1 heterocycles. The number of carboxylic acid groups (broad SMARTS) is 1. The fraction of sp³-hybridized carbons (Fsp3) is 0.538. The standard InChI is InChI=1S/C13H18N2O3/c16-11(14-15-7-3-4-8-15)9-13(10-12(17)18)5-1-2-6-13/h3-4,7-8H,1-2,5-6,9-10H2,(H,14,16)(H,17,18). The minimum Gasteiger partial charge on any atom is -0.481 e. The Morgan fingerprint density at radius 1 is 1.17 bits per heavy atom. The van der Waals surface area contributed by atoms with Gasteiger partial charge in [-0.1, -0.05) is 12.8 Å². The third kappa shape index (κ3) is 3.12. The van der Waals surface area contributed by atoms with Crippen molar-refractivity contribution >= 4 is 11.9 Å². The van der Waals surface area contributed by atoms with Crippen molar-refractivity contribution < 1.29 is 14.7 Å². The van der Waals surface area contributed by atoms with E-state index in [-0.39, 0.29) is 24.2 Å². The van der Waals surface area contributed by atoms with Gasteiger partial charge in [-0.3, -0.25) is 19.7 Å². The van der Waals surface area contributed by atoms with Gasteiger partial charge in [0.05, 0.1) is 6.42 Å². The molecule has 0 atom stereocenters. The van der Waals surface area contributed by atoms with Crippen molar-refractivity contribution in [2.24, 2.45) is 5.41 Å². The van der Waals surface area contributed by atoms with Crippen LogP contribution in [-0.4, -0.2) is 21.7 Å². The van der Waals surface area contributed by atoms with E-state index in [1.807, 2.05) is 12.1 Å². The molecule has 0 spiro atoms. The van der Waals surface area contributed by atoms with Crippen molar-refractivity contribution in [3.63, 3.8) is 0 Å². The van der Waals surface area contributed by atoms with Crippen LogP contribution >= 0.6 is 0 Å². The minimum atomic E-state index is -0.814. The van der Waals surface area contributed by atoms with Crippen LogP contribution in [0.4, 0.5) is 0 Å². The second-order valence-corrected chi connectivity index (χ2v) is 5.08. The lowest BCUT2D eigenvalue weighted by Crippen LogP contribution is -2.30. The van der Waals surface area contributed by atoms with E-state index in [1.54, 1.807) is 17.1 Å². The second-order valence-electron chi connectivity index (χ2n) is 5.08. The highest BCUT2D eigenvalue weighted by Gasteiger charge is 2.37. The van der Waals surface area contributed by atoms with Crippen LogP contribution in [0.15, 0.2) is 24.5 Å². The van der Waals surface area contributed by atoms with E-state index in [1.165, 1.54) is 0 Å². The molecular formula is C13H18N2O3. The van der Waals surface area contributed by atoms with Crippen LogP contribution in [-0.2, 0) is 9.59 Å². The van der Waals surface area contributed by atoms with Crippen molar-refractivity contribution in [1.82, 2.24) is 4.68 Å². The SMILES string of the molecule is O=C(O)CC1(CC(=O)Nn2cccc2)CCCC1. The lowest BCUT2D eigenvalue weighted by Gasteiger charge is -2.26. The predicted molar refractivity (Wildman–Crippen MR) is 66.6 cm³/mol. The van der Waals surface area contributed by atoms with Crippen LogP contribution in [0.3, 0.4) is 0 Å². The van der Waals surface area contributed by atoms with Gasteiger partial charge in [0.15, 0.2) is 0 Å². The number of hydrogen-bond donors (Lipinski definition) is 2. The van der Waals surface area contributed by atoms with E-state index in [4.69, 9.17) is 5.11 Å². The summed E-state index contributed by atoms with van der Waals surface area (Å²) >= 11 is 0. The molecule has 0 aliphatic heterocycles. The van der Waals surface area contributed by atoms with Gasteiger partial charge in [-0.2, -0.15) is 0 Å². The van der Waals surface area contributed by atoms with Gasteiger partial charge in [0.25, 0.3) is 0 Å². The van der Waals surface area contributed by atoms with Crippen LogP contribution in [0.1, 0.15) is 38.5 Å². The smallest absolute Gasteiger partial charge is 0.303 e. The van der Waals surface area contributed by atoms with Crippen LogP contribution in [0.2, 0.25) is 0 Å². The van der Waals surface area contributed by atoms with E-state index in [0.29, 0.717) is 0 Å². The number of amides is 1. The Morgan fingerprint density at radius 3 is 2.33 bits per heavy atom. The molecule has 1 aliphatic rings. The molecule has 0 unspecified atom stereocenters. The van der Waals surface area contributed by atoms with Gasteiger partial charge < -0.3 is 5.11 Å². The molecule has 18 heavy (non-hydrogen) atoms. The summed E-state index contributed by atoms with van der Waals surface area (Å²) in [5.41, 5.74) is 2.39. The van der Waals surface area contributed by atoms with Gasteiger partial charge >= 0.3 is 5.97 Å². The number of carboxylic acids is 1. The largest absolute Gasteiger partial charge is 0.481 e. The molecule has 5 heteroatoms. The highest BCUT2D eigenvalue weighted by atomic mass is 16.4. The molecule has 1 amide bonds. The fourth-order valence-corrected chi connectivity index (χ4v) is 2.80. The highest BCUT2D eigenvalue weighted by Crippen LogP contribution is 2.44. The number of carbonyl (C=O) groups excluding carboxylic acids is 1. The van der Waals surface area contributed by atoms with Crippen molar-refractivity contribution in [2.75, 3.05) is 5.43 Å². The van der Waals surface area contributed by atoms with E-state index < -0.39 is 5.97 Å². The summed E-state index contributed by atoms with van der Waals surface area (Å²) in [7, 11) is 0. The van der Waals surface area contributed by atoms with Gasteiger partial charge in [0, 0.05) is 18.8 Å². The predicted octanol–water partition coefficient (Wildman–Crippen LogP) is 1.98. The van der Waals surface area contributed by atoms with Gasteiger partial charge in [-0.15, -0.1) is 0 Å². The van der Waals surface area contributed by atoms with E-state index in [9.17, 15) is 9.59 Å². The number of carbonyl (C=O) groups is 2. The zero-order chi connectivity index (χ0) is 13.0. The number of hydrogen-bond acceptors (Lipinski definition) is 2. The maximum Gasteiger partial charge on any atom is 0.303 e. The Bertz CT molecular complexity index is 419. The molecule has 0 bridgehead atoms. The molecule has 1 aromatic heterocycles. The van der Waals surface area contributed by atoms with Crippen LogP contribution in [0.5, 0.6) is 0 Å². The topological polar surface area (TPSA) is 71.3 Å². The summed E-state index contributed by atoms with van der Waals surface area (Å²) < 4.78 is 1.59. The molecular weight excluding hydrogens is 232 g/mol. The van der Waals surface area contributed by atoms with Crippen LogP contribution in [0, 0.1) is 5.41 Å². The number of rotatable bonds is 5. The van der Waals surface area contributed by atoms with Crippen molar-refractivity contribution in [3.05, 3.63) is 24.5 Å². The maximum absolute atomic E-state index is 11.9. The first kappa shape index (κ1) is 12.7. The average Bonchev–Trinajstić information content (AvgIpc) is 2.89. The zero-order valence-corrected chi connectivity index (χ0v) is 10.3. The summed E-state index contributed by atoms with van der Waals surface area (Å²) in [4.78, 5) is 22.9. The monoisotopic (exact) mass is 250 g/mol. The molecule has 2 rings (SSSR count). The molecule has 1 saturated carbocycles. The number of nitrogens with zero attached hydrogens (tertiary/aromatic N) is 1. The first-order valence-electron chi connectivity index (χ1n) is 6.24. The summed E-state index contributed by atoms with van der Waals surface area (Å²) in [6.45, 7) is 0. The summed E-state index contributed by atoms with van der Waals surface area (Å²) in [5.74, 6) is -0.931. The third-order valence-electron chi connectivity index (χ3n) is 3.58. The van der Waals surface area contributed by atoms with E-state index in [2.05, 4.69) is 5.43 Å². The van der Waals surface area contributed by atoms with Crippen LogP contribution < -0.4 is 5.43 Å². The van der Waals surface area contributed by atoms with Gasteiger partial charge in [0.1, 0.15) is 0 Å². The second kappa shape index (κ2) is 5.25. The molecule has 0 aromatic carbocycles. The lowest BCUT2D eigenvalue weighted by atomic mass is 9.79. The van der Waals surface area contributed by atoms with Gasteiger partial charge in [-0.05, 0) is 30.4 Å². The molecule has 98 valence electrons. The molecule has 1 aromatic rings. The maximum atomic E-state index is 11.9. The quantitative estimate of drug-likeness (QED) is 0.839. The van der Waals surface area contributed by atoms with Crippen molar-refractivity contribution in [1.29, 1.82) is 0 Å². The number of aromatic nitrogens is 1. The molecule has 2 N–H and O–H groups in total. The summed E-state index contributed by atoms with van der Waals surface area (Å²) in [6, 6.07) is 3.64. The first-order valence-corrected chi connectivity index (χ1v) is 6.24. The molecule has 0 radical (unpaired) electrons. The molecule has 1 aliphatic carbocycles. The first-order chi connectivity index (χ1) is 8.60. The molecule has 1 fully saturated rings. The van der Waals surface area contributed by atoms with Crippen molar-refractivity contribution in [2.45, 2.75) is 38.5 Å². The lowest BCUT2D eigenvalue weighted by molar-refractivity contribution is -0.140. The number of nitrogens with one attached hydrogen (secondary N) is 1.